The Bertz CT molecular complexity index is 842. The topological polar surface area (TPSA) is 42.3 Å². The molecule has 0 spiro atoms. The van der Waals surface area contributed by atoms with Crippen LogP contribution >= 0.6 is 23.2 Å². The number of aromatic nitrogens is 1. The largest absolute Gasteiger partial charge is 0.353 e. The SMILES string of the molecule is Cc1cc(S(=O)(=O)N(Cc2cccn2C)C2CC2)c(Cl)cc1Cl. The summed E-state index contributed by atoms with van der Waals surface area (Å²) in [4.78, 5) is 0.127. The highest BCUT2D eigenvalue weighted by Gasteiger charge is 2.39. The molecule has 1 fully saturated rings. The number of halogens is 2. The van der Waals surface area contributed by atoms with Crippen LogP contribution in [0.2, 0.25) is 10.0 Å². The summed E-state index contributed by atoms with van der Waals surface area (Å²) in [6.07, 6.45) is 3.67. The molecule has 1 aliphatic carbocycles. The summed E-state index contributed by atoms with van der Waals surface area (Å²) in [7, 11) is -1.76. The second-order valence-electron chi connectivity index (χ2n) is 5.92. The molecule has 1 aromatic heterocycles. The van der Waals surface area contributed by atoms with Crippen molar-refractivity contribution in [2.45, 2.75) is 37.2 Å². The van der Waals surface area contributed by atoms with Crippen molar-refractivity contribution in [2.75, 3.05) is 0 Å². The molecular weight excluding hydrogens is 355 g/mol. The summed E-state index contributed by atoms with van der Waals surface area (Å²) in [6, 6.07) is 6.94. The van der Waals surface area contributed by atoms with Crippen molar-refractivity contribution in [3.8, 4) is 0 Å². The van der Waals surface area contributed by atoms with Gasteiger partial charge in [-0.1, -0.05) is 23.2 Å². The molecule has 0 amide bonds. The Balaban J connectivity index is 2.02. The van der Waals surface area contributed by atoms with Gasteiger partial charge in [-0.05, 0) is 49.6 Å². The molecule has 124 valence electrons. The zero-order valence-corrected chi connectivity index (χ0v) is 15.3. The highest BCUT2D eigenvalue weighted by atomic mass is 35.5. The summed E-state index contributed by atoms with van der Waals surface area (Å²) < 4.78 is 29.7. The van der Waals surface area contributed by atoms with E-state index < -0.39 is 10.0 Å². The Morgan fingerprint density at radius 1 is 1.26 bits per heavy atom. The van der Waals surface area contributed by atoms with E-state index in [1.54, 1.807) is 17.3 Å². The molecule has 1 aromatic carbocycles. The highest BCUT2D eigenvalue weighted by molar-refractivity contribution is 7.89. The van der Waals surface area contributed by atoms with Crippen LogP contribution in [0.15, 0.2) is 35.4 Å². The third-order valence-corrected chi connectivity index (χ3v) is 6.89. The van der Waals surface area contributed by atoms with Crippen LogP contribution in [-0.2, 0) is 23.6 Å². The molecule has 23 heavy (non-hydrogen) atoms. The fourth-order valence-electron chi connectivity index (χ4n) is 2.55. The fourth-order valence-corrected chi connectivity index (χ4v) is 5.01. The third-order valence-electron chi connectivity index (χ3n) is 4.12. The van der Waals surface area contributed by atoms with Gasteiger partial charge in [0.1, 0.15) is 4.90 Å². The van der Waals surface area contributed by atoms with Crippen molar-refractivity contribution < 1.29 is 8.42 Å². The molecule has 7 heteroatoms. The molecule has 0 saturated heterocycles. The number of sulfonamides is 1. The Labute approximate surface area is 146 Å². The predicted molar refractivity (Wildman–Crippen MR) is 92.4 cm³/mol. The van der Waals surface area contributed by atoms with E-state index in [0.29, 0.717) is 17.1 Å². The number of hydrogen-bond donors (Lipinski definition) is 0. The van der Waals surface area contributed by atoms with Gasteiger partial charge in [0, 0.05) is 30.0 Å². The molecule has 3 rings (SSSR count). The van der Waals surface area contributed by atoms with Gasteiger partial charge in [0.25, 0.3) is 0 Å². The first-order chi connectivity index (χ1) is 10.8. The van der Waals surface area contributed by atoms with Crippen LogP contribution < -0.4 is 0 Å². The van der Waals surface area contributed by atoms with Gasteiger partial charge in [0.15, 0.2) is 0 Å². The van der Waals surface area contributed by atoms with E-state index in [-0.39, 0.29) is 16.0 Å². The summed E-state index contributed by atoms with van der Waals surface area (Å²) in [5.41, 5.74) is 1.64. The van der Waals surface area contributed by atoms with Gasteiger partial charge < -0.3 is 4.57 Å². The van der Waals surface area contributed by atoms with Crippen molar-refractivity contribution in [1.29, 1.82) is 0 Å². The predicted octanol–water partition coefficient (Wildman–Crippen LogP) is 3.99. The lowest BCUT2D eigenvalue weighted by molar-refractivity contribution is 0.390. The lowest BCUT2D eigenvalue weighted by atomic mass is 10.2. The van der Waals surface area contributed by atoms with Crippen molar-refractivity contribution in [3.63, 3.8) is 0 Å². The van der Waals surface area contributed by atoms with Gasteiger partial charge in [-0.3, -0.25) is 0 Å². The average Bonchev–Trinajstić information content (AvgIpc) is 3.23. The van der Waals surface area contributed by atoms with Crippen LogP contribution in [0.5, 0.6) is 0 Å². The normalized spacial score (nSPS) is 15.3. The first-order valence-electron chi connectivity index (χ1n) is 7.38. The van der Waals surface area contributed by atoms with Crippen LogP contribution in [-0.4, -0.2) is 23.3 Å². The quantitative estimate of drug-likeness (QED) is 0.795. The van der Waals surface area contributed by atoms with Gasteiger partial charge in [-0.2, -0.15) is 4.31 Å². The second kappa shape index (κ2) is 6.13. The van der Waals surface area contributed by atoms with Crippen LogP contribution in [0.3, 0.4) is 0 Å². The lowest BCUT2D eigenvalue weighted by Crippen LogP contribution is -2.33. The lowest BCUT2D eigenvalue weighted by Gasteiger charge is -2.23. The molecule has 1 heterocycles. The van der Waals surface area contributed by atoms with E-state index in [0.717, 1.165) is 18.5 Å². The summed E-state index contributed by atoms with van der Waals surface area (Å²) in [5, 5.41) is 0.632. The van der Waals surface area contributed by atoms with Crippen molar-refractivity contribution in [3.05, 3.63) is 51.8 Å². The highest BCUT2D eigenvalue weighted by Crippen LogP contribution is 2.37. The molecule has 1 saturated carbocycles. The first kappa shape index (κ1) is 16.8. The fraction of sp³-hybridized carbons (Fsp3) is 0.375. The molecule has 0 aliphatic heterocycles. The minimum atomic E-state index is -3.67. The zero-order valence-electron chi connectivity index (χ0n) is 13.0. The number of benzene rings is 1. The van der Waals surface area contributed by atoms with E-state index in [1.807, 2.05) is 29.9 Å². The minimum absolute atomic E-state index is 0.0435. The van der Waals surface area contributed by atoms with Crippen LogP contribution in [0, 0.1) is 6.92 Å². The maximum Gasteiger partial charge on any atom is 0.245 e. The Morgan fingerprint density at radius 2 is 1.96 bits per heavy atom. The van der Waals surface area contributed by atoms with Crippen LogP contribution in [0.25, 0.3) is 0 Å². The molecule has 4 nitrogen and oxygen atoms in total. The van der Waals surface area contributed by atoms with E-state index in [2.05, 4.69) is 0 Å². The molecular formula is C16H18Cl2N2O2S. The van der Waals surface area contributed by atoms with E-state index in [9.17, 15) is 8.42 Å². The standard InChI is InChI=1S/C16H18Cl2N2O2S/c1-11-8-16(15(18)9-14(11)17)23(21,22)20(12-5-6-12)10-13-4-3-7-19(13)2/h3-4,7-9,12H,5-6,10H2,1-2H3. The molecule has 0 unspecified atom stereocenters. The number of hydrogen-bond acceptors (Lipinski definition) is 2. The van der Waals surface area contributed by atoms with Gasteiger partial charge in [-0.15, -0.1) is 0 Å². The average molecular weight is 373 g/mol. The minimum Gasteiger partial charge on any atom is -0.353 e. The number of aryl methyl sites for hydroxylation is 2. The van der Waals surface area contributed by atoms with Gasteiger partial charge in [0.2, 0.25) is 10.0 Å². The van der Waals surface area contributed by atoms with E-state index >= 15 is 0 Å². The van der Waals surface area contributed by atoms with Gasteiger partial charge in [-0.25, -0.2) is 8.42 Å². The van der Waals surface area contributed by atoms with E-state index in [4.69, 9.17) is 23.2 Å². The van der Waals surface area contributed by atoms with Gasteiger partial charge >= 0.3 is 0 Å². The maximum atomic E-state index is 13.1. The Hall–Kier alpha value is -1.01. The molecule has 0 N–H and O–H groups in total. The number of rotatable bonds is 5. The van der Waals surface area contributed by atoms with E-state index in [1.165, 1.54) is 6.07 Å². The Kier molecular flexibility index (Phi) is 4.49. The summed E-state index contributed by atoms with van der Waals surface area (Å²) in [5.74, 6) is 0. The first-order valence-corrected chi connectivity index (χ1v) is 9.58. The summed E-state index contributed by atoms with van der Waals surface area (Å²) >= 11 is 12.2. The molecule has 0 bridgehead atoms. The Morgan fingerprint density at radius 3 is 2.52 bits per heavy atom. The zero-order chi connectivity index (χ0) is 16.8. The molecule has 0 atom stereocenters. The second-order valence-corrected chi connectivity index (χ2v) is 8.60. The maximum absolute atomic E-state index is 13.1. The number of nitrogens with zero attached hydrogens (tertiary/aromatic N) is 2. The molecule has 2 aromatic rings. The molecule has 0 radical (unpaired) electrons. The monoisotopic (exact) mass is 372 g/mol. The van der Waals surface area contributed by atoms with Crippen LogP contribution in [0.4, 0.5) is 0 Å². The van der Waals surface area contributed by atoms with Crippen molar-refractivity contribution in [2.24, 2.45) is 7.05 Å². The summed E-state index contributed by atoms with van der Waals surface area (Å²) in [6.45, 7) is 2.12. The third kappa shape index (κ3) is 3.29. The van der Waals surface area contributed by atoms with Gasteiger partial charge in [0.05, 0.1) is 11.6 Å². The van der Waals surface area contributed by atoms with Crippen molar-refractivity contribution >= 4 is 33.2 Å². The van der Waals surface area contributed by atoms with Crippen molar-refractivity contribution in [1.82, 2.24) is 8.87 Å². The van der Waals surface area contributed by atoms with Crippen LogP contribution in [0.1, 0.15) is 24.1 Å². The molecule has 1 aliphatic rings. The smallest absolute Gasteiger partial charge is 0.245 e.